The van der Waals surface area contributed by atoms with Gasteiger partial charge in [-0.25, -0.2) is 9.97 Å². The van der Waals surface area contributed by atoms with Crippen LogP contribution in [0, 0.1) is 0 Å². The molecule has 0 radical (unpaired) electrons. The van der Waals surface area contributed by atoms with Gasteiger partial charge in [-0.1, -0.05) is 54.6 Å². The second-order valence-corrected chi connectivity index (χ2v) is 7.42. The SMILES string of the molecule is [2H]c1ccc([2H])c(-n2c3ccccc3c3ccc(-c4cccc(Oc5ccccn5)c4)cc32)n1. The van der Waals surface area contributed by atoms with E-state index in [0.717, 1.165) is 32.9 Å². The first-order chi connectivity index (χ1) is 16.7. The molecule has 0 unspecified atom stereocenters. The Bertz CT molecular complexity index is 1660. The van der Waals surface area contributed by atoms with Gasteiger partial charge in [0.05, 0.1) is 13.8 Å². The molecule has 0 spiro atoms. The summed E-state index contributed by atoms with van der Waals surface area (Å²) in [6, 6.07) is 31.3. The summed E-state index contributed by atoms with van der Waals surface area (Å²) in [5.74, 6) is 1.69. The molecular weight excluding hydrogens is 394 g/mol. The largest absolute Gasteiger partial charge is 0.439 e. The van der Waals surface area contributed by atoms with E-state index in [0.29, 0.717) is 17.4 Å². The number of aromatic nitrogens is 3. The van der Waals surface area contributed by atoms with Gasteiger partial charge < -0.3 is 4.74 Å². The third-order valence-electron chi connectivity index (χ3n) is 5.45. The number of benzene rings is 3. The Balaban J connectivity index is 1.53. The lowest BCUT2D eigenvalue weighted by molar-refractivity contribution is 0.463. The first-order valence-corrected chi connectivity index (χ1v) is 10.3. The van der Waals surface area contributed by atoms with Gasteiger partial charge in [0.25, 0.3) is 0 Å². The van der Waals surface area contributed by atoms with Crippen LogP contribution in [0.15, 0.2) is 115 Å². The smallest absolute Gasteiger partial charge is 0.219 e. The van der Waals surface area contributed by atoms with Crippen LogP contribution in [0.5, 0.6) is 11.6 Å². The highest BCUT2D eigenvalue weighted by atomic mass is 16.5. The minimum Gasteiger partial charge on any atom is -0.439 e. The van der Waals surface area contributed by atoms with Gasteiger partial charge in [-0.2, -0.15) is 0 Å². The van der Waals surface area contributed by atoms with Crippen molar-refractivity contribution >= 4 is 21.8 Å². The molecule has 0 atom stereocenters. The number of rotatable bonds is 4. The molecule has 0 bridgehead atoms. The molecule has 152 valence electrons. The first kappa shape index (κ1) is 16.3. The number of hydrogen-bond donors (Lipinski definition) is 0. The van der Waals surface area contributed by atoms with Crippen molar-refractivity contribution in [3.8, 4) is 28.6 Å². The van der Waals surface area contributed by atoms with Crippen molar-refractivity contribution in [1.82, 2.24) is 14.5 Å². The van der Waals surface area contributed by atoms with Gasteiger partial charge >= 0.3 is 0 Å². The summed E-state index contributed by atoms with van der Waals surface area (Å²) in [6.45, 7) is 0. The average molecular weight is 415 g/mol. The van der Waals surface area contributed by atoms with Crippen LogP contribution in [0.4, 0.5) is 0 Å². The van der Waals surface area contributed by atoms with Crippen LogP contribution in [0.1, 0.15) is 2.74 Å². The molecule has 0 fully saturated rings. The molecule has 3 aromatic carbocycles. The van der Waals surface area contributed by atoms with Crippen LogP contribution in [0.3, 0.4) is 0 Å². The molecule has 32 heavy (non-hydrogen) atoms. The van der Waals surface area contributed by atoms with E-state index >= 15 is 0 Å². The van der Waals surface area contributed by atoms with E-state index < -0.39 is 0 Å². The molecule has 0 saturated carbocycles. The maximum absolute atomic E-state index is 8.46. The Kier molecular flexibility index (Phi) is 3.90. The van der Waals surface area contributed by atoms with Gasteiger partial charge in [-0.05, 0) is 53.6 Å². The minimum absolute atomic E-state index is 0.132. The summed E-state index contributed by atoms with van der Waals surface area (Å²) in [7, 11) is 0. The van der Waals surface area contributed by atoms with E-state index in [1.165, 1.54) is 6.07 Å². The van der Waals surface area contributed by atoms with Crippen LogP contribution in [-0.2, 0) is 0 Å². The molecule has 0 saturated heterocycles. The van der Waals surface area contributed by atoms with Crippen molar-refractivity contribution in [2.45, 2.75) is 0 Å². The summed E-state index contributed by atoms with van der Waals surface area (Å²) >= 11 is 0. The number of nitrogens with zero attached hydrogens (tertiary/aromatic N) is 3. The van der Waals surface area contributed by atoms with E-state index in [-0.39, 0.29) is 12.2 Å². The van der Waals surface area contributed by atoms with E-state index in [1.807, 2.05) is 65.2 Å². The number of hydrogen-bond acceptors (Lipinski definition) is 3. The van der Waals surface area contributed by atoms with Crippen molar-refractivity contribution in [3.05, 3.63) is 115 Å². The maximum atomic E-state index is 8.46. The standard InChI is InChI=1S/C28H19N3O/c1-2-11-25-23(10-1)24-15-14-21(19-26(24)31(25)27-12-3-5-16-29-27)20-8-7-9-22(18-20)32-28-13-4-6-17-30-28/h1-19H/i12D,16D. The zero-order valence-corrected chi connectivity index (χ0v) is 17.1. The molecule has 0 aliphatic carbocycles. The highest BCUT2D eigenvalue weighted by Gasteiger charge is 2.13. The van der Waals surface area contributed by atoms with E-state index in [9.17, 15) is 0 Å². The molecule has 3 aromatic heterocycles. The summed E-state index contributed by atoms with van der Waals surface area (Å²) in [6.07, 6.45) is 1.83. The number of ether oxygens (including phenoxy) is 1. The predicted molar refractivity (Wildman–Crippen MR) is 128 cm³/mol. The van der Waals surface area contributed by atoms with Gasteiger partial charge in [-0.15, -0.1) is 0 Å². The van der Waals surface area contributed by atoms with Crippen LogP contribution < -0.4 is 4.74 Å². The zero-order valence-electron chi connectivity index (χ0n) is 19.1. The Morgan fingerprint density at radius 1 is 0.688 bits per heavy atom. The quantitative estimate of drug-likeness (QED) is 0.310. The Morgan fingerprint density at radius 2 is 1.56 bits per heavy atom. The summed E-state index contributed by atoms with van der Waals surface area (Å²) in [5.41, 5.74) is 3.90. The molecule has 0 amide bonds. The summed E-state index contributed by atoms with van der Waals surface area (Å²) in [4.78, 5) is 8.63. The summed E-state index contributed by atoms with van der Waals surface area (Å²) in [5, 5.41) is 2.14. The molecular formula is C28H19N3O. The van der Waals surface area contributed by atoms with Crippen molar-refractivity contribution in [1.29, 1.82) is 0 Å². The van der Waals surface area contributed by atoms with Gasteiger partial charge in [-0.3, -0.25) is 4.57 Å². The predicted octanol–water partition coefficient (Wildman–Crippen LogP) is 7.03. The molecule has 0 N–H and O–H groups in total. The highest BCUT2D eigenvalue weighted by molar-refractivity contribution is 6.10. The first-order valence-electron chi connectivity index (χ1n) is 11.3. The fourth-order valence-electron chi connectivity index (χ4n) is 4.04. The Morgan fingerprint density at radius 3 is 2.50 bits per heavy atom. The third-order valence-corrected chi connectivity index (χ3v) is 5.45. The van der Waals surface area contributed by atoms with Gasteiger partial charge in [0.2, 0.25) is 5.88 Å². The third kappa shape index (κ3) is 3.19. The molecule has 3 heterocycles. The fourth-order valence-corrected chi connectivity index (χ4v) is 4.04. The lowest BCUT2D eigenvalue weighted by Gasteiger charge is -2.09. The van der Waals surface area contributed by atoms with Gasteiger partial charge in [0, 0.05) is 29.2 Å². The van der Waals surface area contributed by atoms with Crippen molar-refractivity contribution in [3.63, 3.8) is 0 Å². The molecule has 0 aliphatic rings. The second-order valence-electron chi connectivity index (χ2n) is 7.42. The zero-order chi connectivity index (χ0) is 23.1. The monoisotopic (exact) mass is 415 g/mol. The Hall–Kier alpha value is -4.44. The van der Waals surface area contributed by atoms with E-state index in [2.05, 4.69) is 34.2 Å². The minimum atomic E-state index is 0.132. The highest BCUT2D eigenvalue weighted by Crippen LogP contribution is 2.35. The Labute approximate surface area is 188 Å². The molecule has 4 nitrogen and oxygen atoms in total. The van der Waals surface area contributed by atoms with Crippen LogP contribution in [0.25, 0.3) is 38.8 Å². The lowest BCUT2D eigenvalue weighted by atomic mass is 10.0. The topological polar surface area (TPSA) is 39.9 Å². The summed E-state index contributed by atoms with van der Waals surface area (Å²) < 4.78 is 24.4. The molecule has 4 heteroatoms. The normalized spacial score (nSPS) is 12.0. The van der Waals surface area contributed by atoms with Crippen LogP contribution in [-0.4, -0.2) is 14.5 Å². The fraction of sp³-hybridized carbons (Fsp3) is 0. The van der Waals surface area contributed by atoms with Crippen molar-refractivity contribution in [2.75, 3.05) is 0 Å². The average Bonchev–Trinajstić information content (AvgIpc) is 3.20. The van der Waals surface area contributed by atoms with Crippen LogP contribution in [0.2, 0.25) is 0 Å². The number of para-hydroxylation sites is 1. The maximum Gasteiger partial charge on any atom is 0.219 e. The van der Waals surface area contributed by atoms with Crippen LogP contribution >= 0.6 is 0 Å². The molecule has 0 aliphatic heterocycles. The second kappa shape index (κ2) is 7.67. The van der Waals surface area contributed by atoms with E-state index in [4.69, 9.17) is 7.48 Å². The van der Waals surface area contributed by atoms with E-state index in [1.54, 1.807) is 12.3 Å². The molecule has 6 aromatic rings. The number of pyridine rings is 2. The molecule has 6 rings (SSSR count). The van der Waals surface area contributed by atoms with Gasteiger partial charge in [0.1, 0.15) is 11.6 Å². The van der Waals surface area contributed by atoms with Crippen molar-refractivity contribution < 1.29 is 7.48 Å². The number of fused-ring (bicyclic) bond motifs is 3. The lowest BCUT2D eigenvalue weighted by Crippen LogP contribution is -1.96. The van der Waals surface area contributed by atoms with Gasteiger partial charge in [0.15, 0.2) is 0 Å². The van der Waals surface area contributed by atoms with Crippen molar-refractivity contribution in [2.24, 2.45) is 0 Å².